The van der Waals surface area contributed by atoms with Crippen LogP contribution in [0.15, 0.2) is 35.5 Å². The Morgan fingerprint density at radius 2 is 1.38 bits per heavy atom. The topological polar surface area (TPSA) is 18.5 Å². The molecule has 0 heterocycles. The number of hydrogen-bond donors (Lipinski definition) is 0. The van der Waals surface area contributed by atoms with E-state index >= 15 is 0 Å². The molecule has 4 heteroatoms. The second-order valence-electron chi connectivity index (χ2n) is 16.6. The minimum absolute atomic E-state index is 0.0550. The lowest BCUT2D eigenvalue weighted by molar-refractivity contribution is 0.132. The second kappa shape index (κ2) is 12.1. The first-order valence-corrected chi connectivity index (χ1v) is 22.0. The Morgan fingerprint density at radius 3 is 1.85 bits per heavy atom. The maximum Gasteiger partial charge on any atom is 0.192 e. The van der Waals surface area contributed by atoms with E-state index < -0.39 is 16.6 Å². The Hall–Kier alpha value is -0.426. The predicted molar refractivity (Wildman–Crippen MR) is 176 cm³/mol. The molecule has 3 aliphatic carbocycles. The van der Waals surface area contributed by atoms with Gasteiger partial charge in [0.1, 0.15) is 0 Å². The zero-order valence-electron chi connectivity index (χ0n) is 28.2. The highest BCUT2D eigenvalue weighted by molar-refractivity contribution is 6.74. The van der Waals surface area contributed by atoms with Crippen molar-refractivity contribution in [2.75, 3.05) is 0 Å². The minimum Gasteiger partial charge on any atom is -0.410 e. The summed E-state index contributed by atoms with van der Waals surface area (Å²) in [5, 5.41) is 0.351. The van der Waals surface area contributed by atoms with Crippen molar-refractivity contribution in [2.45, 2.75) is 156 Å². The summed E-state index contributed by atoms with van der Waals surface area (Å²) < 4.78 is 14.1. The molecule has 0 aromatic heterocycles. The average Bonchev–Trinajstić information content (AvgIpc) is 3.25. The zero-order chi connectivity index (χ0) is 29.6. The van der Waals surface area contributed by atoms with Crippen LogP contribution in [0.25, 0.3) is 0 Å². The number of hydrogen-bond acceptors (Lipinski definition) is 2. The molecule has 224 valence electrons. The van der Waals surface area contributed by atoms with Gasteiger partial charge in [-0.2, -0.15) is 0 Å². The molecule has 3 rings (SSSR count). The first kappa shape index (κ1) is 33.1. The highest BCUT2D eigenvalue weighted by atomic mass is 28.4. The van der Waals surface area contributed by atoms with E-state index in [2.05, 4.69) is 107 Å². The number of allylic oxidation sites excluding steroid dienone is 3. The van der Waals surface area contributed by atoms with Crippen molar-refractivity contribution < 1.29 is 8.85 Å². The molecule has 3 fully saturated rings. The van der Waals surface area contributed by atoms with Crippen LogP contribution in [-0.4, -0.2) is 28.8 Å². The summed E-state index contributed by atoms with van der Waals surface area (Å²) in [4.78, 5) is 0. The van der Waals surface area contributed by atoms with Gasteiger partial charge in [-0.15, -0.1) is 0 Å². The largest absolute Gasteiger partial charge is 0.410 e. The van der Waals surface area contributed by atoms with E-state index in [-0.39, 0.29) is 22.3 Å². The van der Waals surface area contributed by atoms with Crippen molar-refractivity contribution in [1.82, 2.24) is 0 Å². The SMILES string of the molecule is C=C1[C@@H](O[Si](C)(C)C(C)(C)C)CC(=C/C=C2\CC[C@@H](C)C3[C@H]2CC[C@@H]3[C@@H](C)CC)C[C@H]1O[Si](C)(C)C(C)(C)C. The van der Waals surface area contributed by atoms with Crippen molar-refractivity contribution in [3.63, 3.8) is 0 Å². The molecule has 0 radical (unpaired) electrons. The maximum atomic E-state index is 7.06. The van der Waals surface area contributed by atoms with E-state index in [1.54, 1.807) is 5.57 Å². The van der Waals surface area contributed by atoms with Gasteiger partial charge in [-0.3, -0.25) is 0 Å². The van der Waals surface area contributed by atoms with Crippen LogP contribution in [0.4, 0.5) is 0 Å². The van der Waals surface area contributed by atoms with Crippen LogP contribution in [0.3, 0.4) is 0 Å². The molecule has 39 heavy (non-hydrogen) atoms. The van der Waals surface area contributed by atoms with Gasteiger partial charge in [0.2, 0.25) is 0 Å². The lowest BCUT2D eigenvalue weighted by Crippen LogP contribution is -2.49. The lowest BCUT2D eigenvalue weighted by atomic mass is 9.66. The van der Waals surface area contributed by atoms with Crippen LogP contribution in [0, 0.1) is 29.6 Å². The number of fused-ring (bicyclic) bond motifs is 1. The smallest absolute Gasteiger partial charge is 0.192 e. The van der Waals surface area contributed by atoms with Gasteiger partial charge >= 0.3 is 0 Å². The van der Waals surface area contributed by atoms with Crippen molar-refractivity contribution >= 4 is 16.6 Å². The molecule has 0 N–H and O–H groups in total. The Morgan fingerprint density at radius 1 is 0.872 bits per heavy atom. The summed E-state index contributed by atoms with van der Waals surface area (Å²) in [6.07, 6.45) is 13.9. The summed E-state index contributed by atoms with van der Waals surface area (Å²) in [5.41, 5.74) is 4.40. The molecule has 0 bridgehead atoms. The third-order valence-corrected chi connectivity index (χ3v) is 20.9. The highest BCUT2D eigenvalue weighted by Crippen LogP contribution is 2.54. The van der Waals surface area contributed by atoms with E-state index in [0.29, 0.717) is 0 Å². The van der Waals surface area contributed by atoms with Crippen LogP contribution < -0.4 is 0 Å². The molecule has 7 atom stereocenters. The van der Waals surface area contributed by atoms with Gasteiger partial charge < -0.3 is 8.85 Å². The molecule has 3 aliphatic rings. The fraction of sp³-hybridized carbons (Fsp3) is 0.829. The van der Waals surface area contributed by atoms with Gasteiger partial charge in [-0.25, -0.2) is 0 Å². The van der Waals surface area contributed by atoms with Crippen molar-refractivity contribution in [1.29, 1.82) is 0 Å². The lowest BCUT2D eigenvalue weighted by Gasteiger charge is -2.46. The molecule has 1 unspecified atom stereocenters. The summed E-state index contributed by atoms with van der Waals surface area (Å²) in [5.74, 6) is 4.31. The summed E-state index contributed by atoms with van der Waals surface area (Å²) in [6.45, 7) is 35.6. The van der Waals surface area contributed by atoms with Crippen molar-refractivity contribution in [3.05, 3.63) is 35.5 Å². The molecule has 0 aromatic carbocycles. The highest BCUT2D eigenvalue weighted by Gasteiger charge is 2.46. The molecule has 0 spiro atoms. The molecule has 0 saturated heterocycles. The van der Waals surface area contributed by atoms with E-state index in [1.807, 2.05) is 0 Å². The van der Waals surface area contributed by atoms with Crippen LogP contribution in [-0.2, 0) is 8.85 Å². The van der Waals surface area contributed by atoms with Crippen molar-refractivity contribution in [2.24, 2.45) is 29.6 Å². The van der Waals surface area contributed by atoms with Crippen LogP contribution in [0.2, 0.25) is 36.3 Å². The van der Waals surface area contributed by atoms with Crippen LogP contribution in [0.5, 0.6) is 0 Å². The fourth-order valence-electron chi connectivity index (χ4n) is 6.94. The normalized spacial score (nSPS) is 34.0. The molecular formula is C35H64O2Si2. The van der Waals surface area contributed by atoms with Gasteiger partial charge in [-0.1, -0.05) is 98.6 Å². The molecule has 3 saturated carbocycles. The molecule has 0 aromatic rings. The first-order valence-electron chi connectivity index (χ1n) is 16.2. The quantitative estimate of drug-likeness (QED) is 0.223. The molecule has 0 aliphatic heterocycles. The predicted octanol–water partition coefficient (Wildman–Crippen LogP) is 11.1. The fourth-order valence-corrected chi connectivity index (χ4v) is 9.54. The first-order chi connectivity index (χ1) is 17.8. The number of rotatable bonds is 7. The van der Waals surface area contributed by atoms with Gasteiger partial charge in [0.15, 0.2) is 16.6 Å². The van der Waals surface area contributed by atoms with E-state index in [1.165, 1.54) is 43.3 Å². The van der Waals surface area contributed by atoms with E-state index in [9.17, 15) is 0 Å². The Kier molecular flexibility index (Phi) is 10.2. The van der Waals surface area contributed by atoms with Gasteiger partial charge in [0, 0.05) is 0 Å². The summed E-state index contributed by atoms with van der Waals surface area (Å²) in [6, 6.07) is 0. The third-order valence-electron chi connectivity index (χ3n) is 11.9. The van der Waals surface area contributed by atoms with E-state index in [0.717, 1.165) is 42.4 Å². The van der Waals surface area contributed by atoms with Gasteiger partial charge in [0.25, 0.3) is 0 Å². The monoisotopic (exact) mass is 572 g/mol. The Balaban J connectivity index is 1.90. The molecular weight excluding hydrogens is 509 g/mol. The van der Waals surface area contributed by atoms with Crippen LogP contribution in [0.1, 0.15) is 107 Å². The Labute approximate surface area is 245 Å². The standard InChI is InChI=1S/C35H64O2Si2/c1-15-24(2)29-20-21-30-28(18-16-25(3)33(29)30)19-17-27-22-31(36-38(11,12)34(5,6)7)26(4)32(23-27)37-39(13,14)35(8,9)10/h17,19,24-25,29-33H,4,15-16,18,20-23H2,1-3,5-14H3/b27-17?,28-19+/t24-,25+,29+,30-,31-,32+,33?/m0/s1. The average molecular weight is 573 g/mol. The maximum absolute atomic E-state index is 7.06. The second-order valence-corrected chi connectivity index (χ2v) is 26.1. The van der Waals surface area contributed by atoms with Crippen LogP contribution >= 0.6 is 0 Å². The minimum atomic E-state index is -1.94. The summed E-state index contributed by atoms with van der Waals surface area (Å²) in [7, 11) is -3.88. The molecule has 0 amide bonds. The van der Waals surface area contributed by atoms with Gasteiger partial charge in [-0.05, 0) is 110 Å². The van der Waals surface area contributed by atoms with Crippen molar-refractivity contribution in [3.8, 4) is 0 Å². The van der Waals surface area contributed by atoms with E-state index in [4.69, 9.17) is 8.85 Å². The molecule has 2 nitrogen and oxygen atoms in total. The zero-order valence-corrected chi connectivity index (χ0v) is 30.2. The summed E-state index contributed by atoms with van der Waals surface area (Å²) >= 11 is 0. The third kappa shape index (κ3) is 7.32. The van der Waals surface area contributed by atoms with Gasteiger partial charge in [0.05, 0.1) is 12.2 Å². The Bertz CT molecular complexity index is 887.